The van der Waals surface area contributed by atoms with Crippen LogP contribution in [0.4, 0.5) is 18.9 Å². The second-order valence-electron chi connectivity index (χ2n) is 5.99. The first kappa shape index (κ1) is 21.7. The van der Waals surface area contributed by atoms with Crippen molar-refractivity contribution in [1.82, 2.24) is 10.1 Å². The van der Waals surface area contributed by atoms with Crippen LogP contribution in [-0.4, -0.2) is 24.5 Å². The summed E-state index contributed by atoms with van der Waals surface area (Å²) in [4.78, 5) is 14.8. The number of halogens is 4. The first-order chi connectivity index (χ1) is 13.9. The van der Waals surface area contributed by atoms with Crippen molar-refractivity contribution in [2.45, 2.75) is 17.5 Å². The number of benzene rings is 2. The lowest BCUT2D eigenvalue weighted by Gasteiger charge is -2.10. The third-order valence-electron chi connectivity index (χ3n) is 3.79. The lowest BCUT2D eigenvalue weighted by atomic mass is 10.1. The zero-order valence-electron chi connectivity index (χ0n) is 14.8. The summed E-state index contributed by atoms with van der Waals surface area (Å²) in [6, 6.07) is 9.98. The molecule has 0 radical (unpaired) electrons. The molecule has 3 N–H and O–H groups in total. The highest BCUT2D eigenvalue weighted by atomic mass is 35.5. The third kappa shape index (κ3) is 4.96. The summed E-state index contributed by atoms with van der Waals surface area (Å²) in [6.45, 7) is 0. The van der Waals surface area contributed by atoms with Crippen molar-refractivity contribution in [2.75, 3.05) is 5.32 Å². The number of primary sulfonamides is 1. The Morgan fingerprint density at radius 3 is 2.50 bits per heavy atom. The molecule has 0 bridgehead atoms. The molecule has 1 aromatic heterocycles. The molecule has 1 heterocycles. The average Bonchev–Trinajstić information content (AvgIpc) is 3.13. The number of carbonyl (C=O) groups is 1. The Balaban J connectivity index is 1.91. The van der Waals surface area contributed by atoms with Crippen LogP contribution in [0.15, 0.2) is 51.9 Å². The molecule has 158 valence electrons. The highest BCUT2D eigenvalue weighted by molar-refractivity contribution is 7.89. The van der Waals surface area contributed by atoms with Gasteiger partial charge in [-0.05, 0) is 29.8 Å². The van der Waals surface area contributed by atoms with Crippen LogP contribution in [0, 0.1) is 0 Å². The largest absolute Gasteiger partial charge is 0.455 e. The van der Waals surface area contributed by atoms with E-state index in [-0.39, 0.29) is 17.7 Å². The molecule has 0 saturated carbocycles. The highest BCUT2D eigenvalue weighted by Gasteiger charge is 2.37. The number of nitrogens with one attached hydrogen (secondary N) is 1. The molecule has 2 aromatic carbocycles. The molecule has 0 unspecified atom stereocenters. The maximum Gasteiger partial charge on any atom is 0.455 e. The lowest BCUT2D eigenvalue weighted by molar-refractivity contribution is -0.146. The Bertz CT molecular complexity index is 1210. The van der Waals surface area contributed by atoms with Crippen molar-refractivity contribution in [3.63, 3.8) is 0 Å². The van der Waals surface area contributed by atoms with Gasteiger partial charge in [0.25, 0.3) is 11.7 Å². The van der Waals surface area contributed by atoms with Gasteiger partial charge in [-0.1, -0.05) is 35.0 Å². The van der Waals surface area contributed by atoms with E-state index in [9.17, 15) is 26.4 Å². The predicted molar refractivity (Wildman–Crippen MR) is 99.9 cm³/mol. The quantitative estimate of drug-likeness (QED) is 0.601. The van der Waals surface area contributed by atoms with Gasteiger partial charge in [-0.2, -0.15) is 18.2 Å². The molecule has 0 spiro atoms. The minimum atomic E-state index is -4.88. The molecule has 30 heavy (non-hydrogen) atoms. The number of carbonyl (C=O) groups excluding carboxylic acids is 1. The molecule has 1 amide bonds. The van der Waals surface area contributed by atoms with Crippen molar-refractivity contribution in [2.24, 2.45) is 5.14 Å². The third-order valence-corrected chi connectivity index (χ3v) is 5.11. The van der Waals surface area contributed by atoms with Gasteiger partial charge in [0, 0.05) is 10.7 Å². The van der Waals surface area contributed by atoms with E-state index in [0.29, 0.717) is 10.6 Å². The second kappa shape index (κ2) is 8.05. The average molecular weight is 461 g/mol. The fourth-order valence-electron chi connectivity index (χ4n) is 2.48. The number of aromatic nitrogens is 2. The number of hydrogen-bond donors (Lipinski definition) is 2. The van der Waals surface area contributed by atoms with Crippen molar-refractivity contribution in [3.05, 3.63) is 58.9 Å². The Morgan fingerprint density at radius 1 is 1.20 bits per heavy atom. The number of nitrogens with zero attached hydrogens (tertiary/aromatic N) is 2. The smallest absolute Gasteiger partial charge is 0.334 e. The number of rotatable bonds is 5. The number of sulfonamides is 1. The van der Waals surface area contributed by atoms with Gasteiger partial charge in [0.05, 0.1) is 16.9 Å². The molecule has 8 nitrogen and oxygen atoms in total. The summed E-state index contributed by atoms with van der Waals surface area (Å²) in [7, 11) is -4.41. The number of amides is 1. The molecule has 0 saturated heterocycles. The first-order valence-corrected chi connectivity index (χ1v) is 9.99. The van der Waals surface area contributed by atoms with Crippen molar-refractivity contribution >= 4 is 33.2 Å². The van der Waals surface area contributed by atoms with E-state index in [1.807, 2.05) is 0 Å². The summed E-state index contributed by atoms with van der Waals surface area (Å²) in [6.07, 6.45) is -4.97. The van der Waals surface area contributed by atoms with E-state index in [4.69, 9.17) is 16.7 Å². The molecule has 0 fully saturated rings. The molecule has 3 aromatic rings. The van der Waals surface area contributed by atoms with Gasteiger partial charge in [-0.25, -0.2) is 13.6 Å². The first-order valence-electron chi connectivity index (χ1n) is 8.06. The van der Waals surface area contributed by atoms with Crippen LogP contribution < -0.4 is 10.5 Å². The minimum Gasteiger partial charge on any atom is -0.334 e. The maximum atomic E-state index is 12.7. The van der Waals surface area contributed by atoms with Gasteiger partial charge in [-0.15, -0.1) is 0 Å². The number of hydrogen-bond acceptors (Lipinski definition) is 6. The predicted octanol–water partition coefficient (Wildman–Crippen LogP) is 3.24. The zero-order valence-corrected chi connectivity index (χ0v) is 16.3. The number of nitrogens with two attached hydrogens (primary N) is 1. The summed E-state index contributed by atoms with van der Waals surface area (Å²) >= 11 is 6.00. The molecule has 3 rings (SSSR count). The van der Waals surface area contributed by atoms with Crippen molar-refractivity contribution in [3.8, 4) is 11.5 Å². The topological polar surface area (TPSA) is 128 Å². The molecule has 13 heteroatoms. The Labute approximate surface area is 172 Å². The SMILES string of the molecule is NS(=O)(=O)c1cc(NC(=O)Cc2ccccc2Cl)ccc1-c1nc(C(F)(F)F)no1. The summed E-state index contributed by atoms with van der Waals surface area (Å²) in [5, 5.41) is 10.8. The van der Waals surface area contributed by atoms with Gasteiger partial charge < -0.3 is 9.84 Å². The monoisotopic (exact) mass is 460 g/mol. The molecule has 0 atom stereocenters. The number of alkyl halides is 3. The number of anilines is 1. The normalized spacial score (nSPS) is 12.0. The van der Waals surface area contributed by atoms with E-state index >= 15 is 0 Å². The zero-order chi connectivity index (χ0) is 22.1. The Morgan fingerprint density at radius 2 is 1.90 bits per heavy atom. The van der Waals surface area contributed by atoms with E-state index in [2.05, 4.69) is 20.0 Å². The van der Waals surface area contributed by atoms with E-state index in [1.165, 1.54) is 6.07 Å². The molecule has 0 aliphatic heterocycles. The van der Waals surface area contributed by atoms with Crippen LogP contribution in [0.3, 0.4) is 0 Å². The van der Waals surface area contributed by atoms with Crippen LogP contribution in [0.5, 0.6) is 0 Å². The van der Waals surface area contributed by atoms with E-state index in [0.717, 1.165) is 12.1 Å². The van der Waals surface area contributed by atoms with Crippen molar-refractivity contribution in [1.29, 1.82) is 0 Å². The van der Waals surface area contributed by atoms with Gasteiger partial charge in [0.2, 0.25) is 15.9 Å². The fraction of sp³-hybridized carbons (Fsp3) is 0.118. The second-order valence-corrected chi connectivity index (χ2v) is 7.93. The van der Waals surface area contributed by atoms with Crippen molar-refractivity contribution < 1.29 is 30.9 Å². The summed E-state index contributed by atoms with van der Waals surface area (Å²) in [5.41, 5.74) is 0.241. The van der Waals surface area contributed by atoms with Crippen LogP contribution in [0.2, 0.25) is 5.02 Å². The Kier molecular flexibility index (Phi) is 5.83. The summed E-state index contributed by atoms with van der Waals surface area (Å²) < 4.78 is 66.4. The van der Waals surface area contributed by atoms with Gasteiger partial charge in [0.15, 0.2) is 0 Å². The lowest BCUT2D eigenvalue weighted by Crippen LogP contribution is -2.17. The standard InChI is InChI=1S/C17H12ClF3N4O4S/c18-12-4-2-1-3-9(12)7-14(26)23-10-5-6-11(13(8-10)30(22,27)28)15-24-16(25-29-15)17(19,20)21/h1-6,8H,7H2,(H,23,26)(H2,22,27,28). The fourth-order valence-corrected chi connectivity index (χ4v) is 3.44. The van der Waals surface area contributed by atoms with Crippen LogP contribution in [-0.2, 0) is 27.4 Å². The van der Waals surface area contributed by atoms with Gasteiger partial charge in [-0.3, -0.25) is 4.79 Å². The van der Waals surface area contributed by atoms with E-state index in [1.54, 1.807) is 24.3 Å². The molecular weight excluding hydrogens is 449 g/mol. The minimum absolute atomic E-state index is 0.0374. The van der Waals surface area contributed by atoms with Crippen LogP contribution in [0.25, 0.3) is 11.5 Å². The highest BCUT2D eigenvalue weighted by Crippen LogP contribution is 2.32. The molecule has 0 aliphatic rings. The van der Waals surface area contributed by atoms with E-state index < -0.39 is 38.7 Å². The van der Waals surface area contributed by atoms with Gasteiger partial charge >= 0.3 is 6.18 Å². The molecule has 0 aliphatic carbocycles. The Hall–Kier alpha value is -2.96. The van der Waals surface area contributed by atoms with Crippen LogP contribution in [0.1, 0.15) is 11.4 Å². The summed E-state index contributed by atoms with van der Waals surface area (Å²) in [5.74, 6) is -2.77. The molecular formula is C17H12ClF3N4O4S. The maximum absolute atomic E-state index is 12.7. The van der Waals surface area contributed by atoms with Gasteiger partial charge in [0.1, 0.15) is 0 Å². The van der Waals surface area contributed by atoms with Crippen LogP contribution >= 0.6 is 11.6 Å².